The molecule has 0 fully saturated rings. The molecular formula is C11H14N4O2. The summed E-state index contributed by atoms with van der Waals surface area (Å²) in [5.41, 5.74) is 5.83. The van der Waals surface area contributed by atoms with Gasteiger partial charge in [0, 0.05) is 18.9 Å². The number of nitrogens with two attached hydrogens (primary N) is 1. The van der Waals surface area contributed by atoms with E-state index < -0.39 is 5.91 Å². The van der Waals surface area contributed by atoms with Crippen molar-refractivity contribution in [1.29, 1.82) is 0 Å². The lowest BCUT2D eigenvalue weighted by atomic mass is 10.4. The first-order valence-corrected chi connectivity index (χ1v) is 5.29. The highest BCUT2D eigenvalue weighted by molar-refractivity contribution is 5.74. The van der Waals surface area contributed by atoms with Crippen molar-refractivity contribution in [3.8, 4) is 0 Å². The van der Waals surface area contributed by atoms with Gasteiger partial charge in [-0.25, -0.2) is 4.98 Å². The summed E-state index contributed by atoms with van der Waals surface area (Å²) >= 11 is 0. The Balaban J connectivity index is 1.86. The number of rotatable bonds is 6. The Morgan fingerprint density at radius 3 is 3.24 bits per heavy atom. The largest absolute Gasteiger partial charge is 0.370 e. The van der Waals surface area contributed by atoms with Crippen molar-refractivity contribution in [3.05, 3.63) is 30.6 Å². The van der Waals surface area contributed by atoms with Gasteiger partial charge in [-0.1, -0.05) is 6.07 Å². The van der Waals surface area contributed by atoms with Crippen LogP contribution in [0, 0.1) is 0 Å². The average Bonchev–Trinajstić information content (AvgIpc) is 2.77. The molecule has 0 saturated heterocycles. The number of carbonyl (C=O) groups excluding carboxylic acids is 1. The van der Waals surface area contributed by atoms with E-state index in [0.717, 1.165) is 11.5 Å². The van der Waals surface area contributed by atoms with Crippen LogP contribution in [-0.4, -0.2) is 35.1 Å². The lowest BCUT2D eigenvalue weighted by Gasteiger charge is -2.08. The molecule has 17 heavy (non-hydrogen) atoms. The minimum absolute atomic E-state index is 0.0447. The van der Waals surface area contributed by atoms with Crippen molar-refractivity contribution >= 4 is 17.4 Å². The topological polar surface area (TPSA) is 81.7 Å². The standard InChI is InChI=1S/C11H14N4O2/c12-9(16)8-17-7-5-14-11-3-1-2-10-13-4-6-15(10)11/h1-4,6,14H,5,7-8H2,(H2,12,16). The third kappa shape index (κ3) is 2.94. The molecule has 0 spiro atoms. The molecule has 0 radical (unpaired) electrons. The second kappa shape index (κ2) is 5.31. The summed E-state index contributed by atoms with van der Waals surface area (Å²) in [6.45, 7) is 0.982. The Kier molecular flexibility index (Phi) is 3.56. The molecule has 0 atom stereocenters. The molecule has 2 rings (SSSR count). The number of fused-ring (bicyclic) bond motifs is 1. The number of aromatic nitrogens is 2. The van der Waals surface area contributed by atoms with Crippen molar-refractivity contribution < 1.29 is 9.53 Å². The van der Waals surface area contributed by atoms with Gasteiger partial charge in [0.1, 0.15) is 18.1 Å². The minimum Gasteiger partial charge on any atom is -0.370 e. The zero-order valence-corrected chi connectivity index (χ0v) is 9.30. The number of amides is 1. The molecule has 6 heteroatoms. The molecular weight excluding hydrogens is 220 g/mol. The van der Waals surface area contributed by atoms with Gasteiger partial charge in [0.25, 0.3) is 0 Å². The Bertz CT molecular complexity index is 509. The van der Waals surface area contributed by atoms with Gasteiger partial charge < -0.3 is 15.8 Å². The van der Waals surface area contributed by atoms with Crippen LogP contribution >= 0.6 is 0 Å². The number of anilines is 1. The maximum atomic E-state index is 10.4. The number of primary amides is 1. The predicted octanol–water partition coefficient (Wildman–Crippen LogP) is 0.248. The summed E-state index contributed by atoms with van der Waals surface area (Å²) < 4.78 is 6.99. The molecule has 0 aliphatic carbocycles. The average molecular weight is 234 g/mol. The van der Waals surface area contributed by atoms with Gasteiger partial charge >= 0.3 is 0 Å². The number of pyridine rings is 1. The normalized spacial score (nSPS) is 10.6. The number of nitrogens with one attached hydrogen (secondary N) is 1. The van der Waals surface area contributed by atoms with E-state index in [1.165, 1.54) is 0 Å². The molecule has 0 bridgehead atoms. The highest BCUT2D eigenvalue weighted by Gasteiger charge is 1.99. The first-order chi connectivity index (χ1) is 8.27. The Labute approximate surface area is 98.4 Å². The van der Waals surface area contributed by atoms with Crippen LogP contribution in [0.25, 0.3) is 5.65 Å². The molecule has 6 nitrogen and oxygen atoms in total. The third-order valence-corrected chi connectivity index (χ3v) is 2.23. The maximum Gasteiger partial charge on any atom is 0.243 e. The molecule has 2 aromatic rings. The number of hydrogen-bond acceptors (Lipinski definition) is 4. The van der Waals surface area contributed by atoms with Gasteiger partial charge in [-0.05, 0) is 12.1 Å². The summed E-state index contributed by atoms with van der Waals surface area (Å²) in [5, 5.41) is 3.19. The lowest BCUT2D eigenvalue weighted by molar-refractivity contribution is -0.122. The molecule has 2 aromatic heterocycles. The number of imidazole rings is 1. The molecule has 2 heterocycles. The second-order valence-corrected chi connectivity index (χ2v) is 3.51. The van der Waals surface area contributed by atoms with Gasteiger partial charge in [-0.15, -0.1) is 0 Å². The Morgan fingerprint density at radius 1 is 1.53 bits per heavy atom. The lowest BCUT2D eigenvalue weighted by Crippen LogP contribution is -2.20. The highest BCUT2D eigenvalue weighted by Crippen LogP contribution is 2.10. The highest BCUT2D eigenvalue weighted by atomic mass is 16.5. The van der Waals surface area contributed by atoms with Crippen LogP contribution in [0.3, 0.4) is 0 Å². The molecule has 1 amide bonds. The van der Waals surface area contributed by atoms with Crippen molar-refractivity contribution in [2.45, 2.75) is 0 Å². The maximum absolute atomic E-state index is 10.4. The third-order valence-electron chi connectivity index (χ3n) is 2.23. The SMILES string of the molecule is NC(=O)COCCNc1cccc2nccn12. The number of hydrogen-bond donors (Lipinski definition) is 2. The van der Waals surface area contributed by atoms with Crippen LogP contribution < -0.4 is 11.1 Å². The summed E-state index contributed by atoms with van der Waals surface area (Å²) in [5.74, 6) is 0.476. The van der Waals surface area contributed by atoms with E-state index in [4.69, 9.17) is 10.5 Å². The summed E-state index contributed by atoms with van der Waals surface area (Å²) in [6, 6.07) is 5.80. The first kappa shape index (κ1) is 11.4. The fourth-order valence-corrected chi connectivity index (χ4v) is 1.52. The molecule has 0 aromatic carbocycles. The smallest absolute Gasteiger partial charge is 0.243 e. The summed E-state index contributed by atoms with van der Waals surface area (Å²) in [6.07, 6.45) is 3.62. The zero-order valence-electron chi connectivity index (χ0n) is 9.30. The van der Waals surface area contributed by atoms with Crippen LogP contribution in [0.5, 0.6) is 0 Å². The molecule has 90 valence electrons. The zero-order chi connectivity index (χ0) is 12.1. The monoisotopic (exact) mass is 234 g/mol. The van der Waals surface area contributed by atoms with Crippen molar-refractivity contribution in [1.82, 2.24) is 9.38 Å². The molecule has 0 aliphatic rings. The Morgan fingerprint density at radius 2 is 2.41 bits per heavy atom. The fourth-order valence-electron chi connectivity index (χ4n) is 1.52. The van der Waals surface area contributed by atoms with E-state index in [9.17, 15) is 4.79 Å². The second-order valence-electron chi connectivity index (χ2n) is 3.51. The van der Waals surface area contributed by atoms with E-state index in [0.29, 0.717) is 13.2 Å². The number of ether oxygens (including phenoxy) is 1. The summed E-state index contributed by atoms with van der Waals surface area (Å²) in [4.78, 5) is 14.6. The predicted molar refractivity (Wildman–Crippen MR) is 63.7 cm³/mol. The van der Waals surface area contributed by atoms with Gasteiger partial charge in [0.05, 0.1) is 6.61 Å². The van der Waals surface area contributed by atoms with E-state index >= 15 is 0 Å². The number of nitrogens with zero attached hydrogens (tertiary/aromatic N) is 2. The van der Waals surface area contributed by atoms with Crippen molar-refractivity contribution in [2.24, 2.45) is 5.73 Å². The van der Waals surface area contributed by atoms with E-state index in [1.807, 2.05) is 28.8 Å². The fraction of sp³-hybridized carbons (Fsp3) is 0.273. The van der Waals surface area contributed by atoms with Gasteiger partial charge in [0.15, 0.2) is 0 Å². The van der Waals surface area contributed by atoms with E-state index in [2.05, 4.69) is 10.3 Å². The molecule has 0 unspecified atom stereocenters. The molecule has 0 aliphatic heterocycles. The van der Waals surface area contributed by atoms with Gasteiger partial charge in [0.2, 0.25) is 5.91 Å². The van der Waals surface area contributed by atoms with E-state index in [-0.39, 0.29) is 6.61 Å². The van der Waals surface area contributed by atoms with Crippen LogP contribution in [-0.2, 0) is 9.53 Å². The van der Waals surface area contributed by atoms with Crippen LogP contribution in [0.4, 0.5) is 5.82 Å². The van der Waals surface area contributed by atoms with Gasteiger partial charge in [-0.3, -0.25) is 9.20 Å². The first-order valence-electron chi connectivity index (χ1n) is 5.29. The minimum atomic E-state index is -0.457. The Hall–Kier alpha value is -2.08. The van der Waals surface area contributed by atoms with Gasteiger partial charge in [-0.2, -0.15) is 0 Å². The van der Waals surface area contributed by atoms with Crippen LogP contribution in [0.2, 0.25) is 0 Å². The molecule has 0 saturated carbocycles. The van der Waals surface area contributed by atoms with Crippen molar-refractivity contribution in [3.63, 3.8) is 0 Å². The quantitative estimate of drug-likeness (QED) is 0.702. The van der Waals surface area contributed by atoms with E-state index in [1.54, 1.807) is 6.20 Å². The molecule has 3 N–H and O–H groups in total. The van der Waals surface area contributed by atoms with Crippen LogP contribution in [0.1, 0.15) is 0 Å². The van der Waals surface area contributed by atoms with Crippen LogP contribution in [0.15, 0.2) is 30.6 Å². The number of carbonyl (C=O) groups is 1. The van der Waals surface area contributed by atoms with Crippen molar-refractivity contribution in [2.75, 3.05) is 25.1 Å². The summed E-state index contributed by atoms with van der Waals surface area (Å²) in [7, 11) is 0.